The van der Waals surface area contributed by atoms with E-state index in [1.807, 2.05) is 48.5 Å². The third kappa shape index (κ3) is 3.69. The van der Waals surface area contributed by atoms with Gasteiger partial charge in [-0.2, -0.15) is 0 Å². The van der Waals surface area contributed by atoms with Crippen LogP contribution >= 0.6 is 0 Å². The Kier molecular flexibility index (Phi) is 4.91. The number of nitrogens with one attached hydrogen (secondary N) is 1. The van der Waals surface area contributed by atoms with Crippen LogP contribution in [0.1, 0.15) is 5.56 Å². The first kappa shape index (κ1) is 13.8. The number of hydrogen-bond donors (Lipinski definition) is 1. The summed E-state index contributed by atoms with van der Waals surface area (Å²) >= 11 is 0. The molecule has 2 rings (SSSR count). The highest BCUT2D eigenvalue weighted by Gasteiger charge is 2.03. The molecule has 0 atom stereocenters. The van der Waals surface area contributed by atoms with Gasteiger partial charge in [0, 0.05) is 11.6 Å². The maximum Gasteiger partial charge on any atom is 0.145 e. The molecule has 0 aromatic heterocycles. The lowest BCUT2D eigenvalue weighted by Crippen LogP contribution is -2.01. The van der Waals surface area contributed by atoms with Crippen LogP contribution < -0.4 is 14.8 Å². The first-order valence-corrected chi connectivity index (χ1v) is 6.33. The minimum absolute atomic E-state index is 0.553. The predicted molar refractivity (Wildman–Crippen MR) is 81.4 cm³/mol. The lowest BCUT2D eigenvalue weighted by Gasteiger charge is -2.10. The largest absolute Gasteiger partial charge is 0.497 e. The predicted octanol–water partition coefficient (Wildman–Crippen LogP) is 3.17. The van der Waals surface area contributed by atoms with Gasteiger partial charge in [0.05, 0.1) is 26.5 Å². The van der Waals surface area contributed by atoms with Gasteiger partial charge in [0.1, 0.15) is 11.5 Å². The van der Waals surface area contributed by atoms with Gasteiger partial charge in [0.25, 0.3) is 0 Å². The van der Waals surface area contributed by atoms with Crippen molar-refractivity contribution in [2.24, 2.45) is 0 Å². The molecule has 3 nitrogen and oxygen atoms in total. The molecule has 0 saturated carbocycles. The zero-order chi connectivity index (χ0) is 14.2. The van der Waals surface area contributed by atoms with E-state index in [1.165, 1.54) is 0 Å². The number of benzene rings is 2. The number of anilines is 1. The van der Waals surface area contributed by atoms with Gasteiger partial charge in [-0.05, 0) is 24.3 Å². The highest BCUT2D eigenvalue weighted by Crippen LogP contribution is 2.28. The summed E-state index contributed by atoms with van der Waals surface area (Å²) in [6, 6.07) is 15.5. The summed E-state index contributed by atoms with van der Waals surface area (Å²) in [6.45, 7) is 0.553. The van der Waals surface area contributed by atoms with Gasteiger partial charge in [-0.25, -0.2) is 0 Å². The molecule has 0 aliphatic carbocycles. The van der Waals surface area contributed by atoms with Gasteiger partial charge >= 0.3 is 0 Å². The third-order valence-corrected chi connectivity index (χ3v) is 2.78. The molecule has 0 heterocycles. The summed E-state index contributed by atoms with van der Waals surface area (Å²) in [7, 11) is 3.27. The van der Waals surface area contributed by atoms with Crippen molar-refractivity contribution in [2.75, 3.05) is 26.1 Å². The summed E-state index contributed by atoms with van der Waals surface area (Å²) < 4.78 is 10.5. The fourth-order valence-electron chi connectivity index (χ4n) is 1.75. The normalized spacial score (nSPS) is 9.30. The van der Waals surface area contributed by atoms with E-state index in [-0.39, 0.29) is 0 Å². The highest BCUT2D eigenvalue weighted by atomic mass is 16.5. The number of rotatable bonds is 4. The molecule has 0 amide bonds. The summed E-state index contributed by atoms with van der Waals surface area (Å²) in [4.78, 5) is 0. The summed E-state index contributed by atoms with van der Waals surface area (Å²) in [5.74, 6) is 7.69. The van der Waals surface area contributed by atoms with Crippen molar-refractivity contribution >= 4 is 5.69 Å². The van der Waals surface area contributed by atoms with Crippen LogP contribution in [0.5, 0.6) is 11.5 Å². The second kappa shape index (κ2) is 7.10. The average molecular weight is 267 g/mol. The van der Waals surface area contributed by atoms with Crippen molar-refractivity contribution in [2.45, 2.75) is 0 Å². The third-order valence-electron chi connectivity index (χ3n) is 2.78. The molecule has 0 fully saturated rings. The summed E-state index contributed by atoms with van der Waals surface area (Å²) in [6.07, 6.45) is 0. The molecule has 0 saturated heterocycles. The fraction of sp³-hybridized carbons (Fsp3) is 0.176. The number of methoxy groups -OCH3 is 2. The van der Waals surface area contributed by atoms with Crippen LogP contribution in [-0.2, 0) is 0 Å². The van der Waals surface area contributed by atoms with Crippen LogP contribution in [0.3, 0.4) is 0 Å². The molecule has 0 radical (unpaired) electrons. The Bertz CT molecular complexity index is 612. The monoisotopic (exact) mass is 267 g/mol. The Morgan fingerprint density at radius 2 is 1.80 bits per heavy atom. The SMILES string of the molecule is COc1ccc(NCC#Cc2ccccc2)c(OC)c1. The summed E-state index contributed by atoms with van der Waals surface area (Å²) in [5.41, 5.74) is 1.91. The lowest BCUT2D eigenvalue weighted by molar-refractivity contribution is 0.395. The lowest BCUT2D eigenvalue weighted by atomic mass is 10.2. The van der Waals surface area contributed by atoms with Gasteiger partial charge in [-0.15, -0.1) is 0 Å². The number of hydrogen-bond acceptors (Lipinski definition) is 3. The van der Waals surface area contributed by atoms with Crippen molar-refractivity contribution in [1.29, 1.82) is 0 Å². The van der Waals surface area contributed by atoms with Gasteiger partial charge in [-0.3, -0.25) is 0 Å². The minimum Gasteiger partial charge on any atom is -0.497 e. The van der Waals surface area contributed by atoms with Crippen molar-refractivity contribution in [1.82, 2.24) is 0 Å². The highest BCUT2D eigenvalue weighted by molar-refractivity contribution is 5.59. The van der Waals surface area contributed by atoms with E-state index in [0.29, 0.717) is 6.54 Å². The second-order valence-corrected chi connectivity index (χ2v) is 4.09. The van der Waals surface area contributed by atoms with Crippen LogP contribution in [0.15, 0.2) is 48.5 Å². The van der Waals surface area contributed by atoms with E-state index in [1.54, 1.807) is 14.2 Å². The van der Waals surface area contributed by atoms with E-state index in [2.05, 4.69) is 17.2 Å². The van der Waals surface area contributed by atoms with E-state index in [9.17, 15) is 0 Å². The molecule has 2 aromatic rings. The maximum absolute atomic E-state index is 5.31. The first-order chi connectivity index (χ1) is 9.83. The van der Waals surface area contributed by atoms with Crippen molar-refractivity contribution in [3.05, 3.63) is 54.1 Å². The molecule has 0 spiro atoms. The zero-order valence-corrected chi connectivity index (χ0v) is 11.6. The zero-order valence-electron chi connectivity index (χ0n) is 11.6. The van der Waals surface area contributed by atoms with Gasteiger partial charge in [0.2, 0.25) is 0 Å². The molecule has 0 unspecified atom stereocenters. The molecule has 2 aromatic carbocycles. The maximum atomic E-state index is 5.31. The number of ether oxygens (including phenoxy) is 2. The van der Waals surface area contributed by atoms with Crippen molar-refractivity contribution in [3.63, 3.8) is 0 Å². The Balaban J connectivity index is 1.99. The molecule has 20 heavy (non-hydrogen) atoms. The molecule has 0 bridgehead atoms. The molecular weight excluding hydrogens is 250 g/mol. The second-order valence-electron chi connectivity index (χ2n) is 4.09. The average Bonchev–Trinajstić information content (AvgIpc) is 2.52. The van der Waals surface area contributed by atoms with Gasteiger partial charge in [0.15, 0.2) is 0 Å². The van der Waals surface area contributed by atoms with Gasteiger partial charge in [-0.1, -0.05) is 30.0 Å². The minimum atomic E-state index is 0.553. The Morgan fingerprint density at radius 3 is 2.50 bits per heavy atom. The summed E-state index contributed by atoms with van der Waals surface area (Å²) in [5, 5.41) is 3.23. The van der Waals surface area contributed by atoms with E-state index >= 15 is 0 Å². The van der Waals surface area contributed by atoms with Crippen molar-refractivity contribution in [3.8, 4) is 23.3 Å². The Morgan fingerprint density at radius 1 is 1.00 bits per heavy atom. The van der Waals surface area contributed by atoms with Crippen LogP contribution in [0.25, 0.3) is 0 Å². The fourth-order valence-corrected chi connectivity index (χ4v) is 1.75. The Labute approximate surface area is 119 Å². The van der Waals surface area contributed by atoms with E-state index in [0.717, 1.165) is 22.7 Å². The van der Waals surface area contributed by atoms with E-state index in [4.69, 9.17) is 9.47 Å². The molecule has 102 valence electrons. The first-order valence-electron chi connectivity index (χ1n) is 6.33. The smallest absolute Gasteiger partial charge is 0.145 e. The molecule has 1 N–H and O–H groups in total. The molecule has 3 heteroatoms. The van der Waals surface area contributed by atoms with Crippen molar-refractivity contribution < 1.29 is 9.47 Å². The standard InChI is InChI=1S/C17H17NO2/c1-19-15-10-11-16(17(13-15)20-2)18-12-6-9-14-7-4-3-5-8-14/h3-5,7-8,10-11,13,18H,12H2,1-2H3. The van der Waals surface area contributed by atoms with Crippen LogP contribution in [0.4, 0.5) is 5.69 Å². The molecule has 0 aliphatic heterocycles. The van der Waals surface area contributed by atoms with E-state index < -0.39 is 0 Å². The topological polar surface area (TPSA) is 30.5 Å². The van der Waals surface area contributed by atoms with Crippen LogP contribution in [-0.4, -0.2) is 20.8 Å². The molecule has 0 aliphatic rings. The van der Waals surface area contributed by atoms with Crippen LogP contribution in [0.2, 0.25) is 0 Å². The van der Waals surface area contributed by atoms with Crippen LogP contribution in [0, 0.1) is 11.8 Å². The van der Waals surface area contributed by atoms with Gasteiger partial charge < -0.3 is 14.8 Å². The Hall–Kier alpha value is -2.60. The molecular formula is C17H17NO2. The quantitative estimate of drug-likeness (QED) is 0.863.